The predicted octanol–water partition coefficient (Wildman–Crippen LogP) is 3.49. The first-order valence-electron chi connectivity index (χ1n) is 5.15. The fourth-order valence-corrected chi connectivity index (χ4v) is 1.44. The van der Waals surface area contributed by atoms with Crippen LogP contribution in [0.15, 0.2) is 0 Å². The molecule has 3 nitrogen and oxygen atoms in total. The van der Waals surface area contributed by atoms with Gasteiger partial charge in [0.15, 0.2) is 0 Å². The lowest BCUT2D eigenvalue weighted by Crippen LogP contribution is -2.11. The van der Waals surface area contributed by atoms with E-state index in [0.717, 1.165) is 5.92 Å². The number of hydrogen-bond donors (Lipinski definition) is 1. The summed E-state index contributed by atoms with van der Waals surface area (Å²) in [5.41, 5.74) is 0.524. The minimum atomic E-state index is -0.0694. The molecule has 0 aliphatic carbocycles. The van der Waals surface area contributed by atoms with Crippen molar-refractivity contribution in [3.05, 3.63) is 0 Å². The van der Waals surface area contributed by atoms with E-state index in [0.29, 0.717) is 5.41 Å². The summed E-state index contributed by atoms with van der Waals surface area (Å²) < 4.78 is 0. The number of hydrogen-bond acceptors (Lipinski definition) is 3. The van der Waals surface area contributed by atoms with Crippen LogP contribution < -0.4 is 0 Å². The summed E-state index contributed by atoms with van der Waals surface area (Å²) in [7, 11) is 0. The normalized spacial score (nSPS) is 10.5. The average molecular weight is 204 g/mol. The van der Waals surface area contributed by atoms with Gasteiger partial charge in [0.2, 0.25) is 0 Å². The molecule has 1 N–H and O–H groups in total. The molecular formula is C11H24O3. The summed E-state index contributed by atoms with van der Waals surface area (Å²) in [6.07, 6.45) is 4.06. The van der Waals surface area contributed by atoms with Gasteiger partial charge in [0.25, 0.3) is 0 Å². The maximum atomic E-state index is 8.70. The van der Waals surface area contributed by atoms with Crippen molar-refractivity contribution in [3.63, 3.8) is 0 Å². The summed E-state index contributed by atoms with van der Waals surface area (Å²) in [6, 6.07) is 0. The quantitative estimate of drug-likeness (QED) is 0.433. The topological polar surface area (TPSA) is 46.5 Å². The van der Waals surface area contributed by atoms with Crippen molar-refractivity contribution >= 4 is 6.47 Å². The molecule has 0 rings (SSSR count). The largest absolute Gasteiger partial charge is 0.330 e. The van der Waals surface area contributed by atoms with Crippen LogP contribution >= 0.6 is 0 Å². The monoisotopic (exact) mass is 204 g/mol. The molecule has 0 aromatic rings. The second-order valence-electron chi connectivity index (χ2n) is 4.65. The molecule has 0 saturated heterocycles. The lowest BCUT2D eigenvalue weighted by Gasteiger charge is -2.23. The zero-order chi connectivity index (χ0) is 11.6. The van der Waals surface area contributed by atoms with Crippen molar-refractivity contribution in [1.82, 2.24) is 0 Å². The first-order valence-corrected chi connectivity index (χ1v) is 5.15. The fraction of sp³-hybridized carbons (Fsp3) is 0.909. The zero-order valence-electron chi connectivity index (χ0n) is 10.0. The van der Waals surface area contributed by atoms with E-state index in [1.165, 1.54) is 19.3 Å². The maximum Gasteiger partial charge on any atom is 0.330 e. The highest BCUT2D eigenvalue weighted by Crippen LogP contribution is 2.27. The Balaban J connectivity index is 0. The van der Waals surface area contributed by atoms with Gasteiger partial charge in [-0.2, -0.15) is 0 Å². The Morgan fingerprint density at radius 3 is 1.71 bits per heavy atom. The Morgan fingerprint density at radius 2 is 1.64 bits per heavy atom. The molecule has 0 aliphatic heterocycles. The number of carbonyl (C=O) groups excluding carboxylic acids is 1. The molecule has 0 bridgehead atoms. The van der Waals surface area contributed by atoms with Crippen molar-refractivity contribution in [3.8, 4) is 0 Å². The third-order valence-corrected chi connectivity index (χ3v) is 2.10. The van der Waals surface area contributed by atoms with E-state index >= 15 is 0 Å². The molecule has 0 heterocycles. The first-order chi connectivity index (χ1) is 6.41. The second-order valence-corrected chi connectivity index (χ2v) is 4.65. The lowest BCUT2D eigenvalue weighted by molar-refractivity contribution is -0.217. The van der Waals surface area contributed by atoms with E-state index in [4.69, 9.17) is 10.1 Å². The first kappa shape index (κ1) is 15.9. The predicted molar refractivity (Wildman–Crippen MR) is 57.9 cm³/mol. The molecule has 0 spiro atoms. The van der Waals surface area contributed by atoms with E-state index < -0.39 is 0 Å². The maximum absolute atomic E-state index is 8.70. The Morgan fingerprint density at radius 1 is 1.29 bits per heavy atom. The molecule has 0 aromatic carbocycles. The standard InChI is InChI=1S/C10H22.CH2O3/c1-6-9(7-2)8-10(3,4)5;2-1-4-3/h9H,6-8H2,1-5H3;1,3H. The number of carbonyl (C=O) groups is 1. The minimum Gasteiger partial charge on any atom is -0.304 e. The summed E-state index contributed by atoms with van der Waals surface area (Å²) in [5.74, 6) is 0.944. The van der Waals surface area contributed by atoms with Crippen LogP contribution in [0.1, 0.15) is 53.9 Å². The van der Waals surface area contributed by atoms with Crippen molar-refractivity contribution in [2.24, 2.45) is 11.3 Å². The molecule has 0 saturated carbocycles. The Bertz CT molecular complexity index is 123. The van der Waals surface area contributed by atoms with Crippen LogP contribution in [0.25, 0.3) is 0 Å². The van der Waals surface area contributed by atoms with Crippen LogP contribution in [0.3, 0.4) is 0 Å². The van der Waals surface area contributed by atoms with Gasteiger partial charge in [-0.25, -0.2) is 5.26 Å². The third-order valence-electron chi connectivity index (χ3n) is 2.10. The minimum absolute atomic E-state index is 0.0694. The lowest BCUT2D eigenvalue weighted by atomic mass is 9.82. The van der Waals surface area contributed by atoms with E-state index in [1.807, 2.05) is 0 Å². The smallest absolute Gasteiger partial charge is 0.304 e. The van der Waals surface area contributed by atoms with Crippen LogP contribution in [0.5, 0.6) is 0 Å². The SMILES string of the molecule is CCC(CC)CC(C)(C)C.O=COO. The van der Waals surface area contributed by atoms with E-state index in [-0.39, 0.29) is 6.47 Å². The highest BCUT2D eigenvalue weighted by atomic mass is 17.1. The van der Waals surface area contributed by atoms with Crippen molar-refractivity contribution < 1.29 is 14.9 Å². The summed E-state index contributed by atoms with van der Waals surface area (Å²) in [6.45, 7) is 11.5. The molecule has 86 valence electrons. The van der Waals surface area contributed by atoms with Crippen LogP contribution in [0.2, 0.25) is 0 Å². The Labute approximate surface area is 87.4 Å². The molecule has 0 amide bonds. The van der Waals surface area contributed by atoms with E-state index in [2.05, 4.69) is 39.5 Å². The molecular weight excluding hydrogens is 180 g/mol. The fourth-order valence-electron chi connectivity index (χ4n) is 1.44. The van der Waals surface area contributed by atoms with Gasteiger partial charge in [-0.05, 0) is 17.8 Å². The molecule has 0 radical (unpaired) electrons. The van der Waals surface area contributed by atoms with Crippen LogP contribution in [0.4, 0.5) is 0 Å². The summed E-state index contributed by atoms with van der Waals surface area (Å²) in [5, 5.41) is 7.01. The molecule has 14 heavy (non-hydrogen) atoms. The molecule has 0 aromatic heterocycles. The van der Waals surface area contributed by atoms with E-state index in [1.54, 1.807) is 0 Å². The van der Waals surface area contributed by atoms with Gasteiger partial charge in [0.1, 0.15) is 0 Å². The highest BCUT2D eigenvalue weighted by Gasteiger charge is 2.15. The Kier molecular flexibility index (Phi) is 10.2. The highest BCUT2D eigenvalue weighted by molar-refractivity contribution is 5.35. The van der Waals surface area contributed by atoms with Crippen molar-refractivity contribution in [2.75, 3.05) is 0 Å². The Hall–Kier alpha value is -0.570. The van der Waals surface area contributed by atoms with Crippen molar-refractivity contribution in [2.45, 2.75) is 53.9 Å². The molecule has 3 heteroatoms. The van der Waals surface area contributed by atoms with Crippen LogP contribution in [-0.4, -0.2) is 11.7 Å². The van der Waals surface area contributed by atoms with Gasteiger partial charge in [-0.3, -0.25) is 4.79 Å². The van der Waals surface area contributed by atoms with Gasteiger partial charge in [0, 0.05) is 0 Å². The van der Waals surface area contributed by atoms with Crippen LogP contribution in [0, 0.1) is 11.3 Å². The number of rotatable bonds is 4. The average Bonchev–Trinajstić information content (AvgIpc) is 2.13. The van der Waals surface area contributed by atoms with Gasteiger partial charge in [-0.15, -0.1) is 0 Å². The molecule has 0 aliphatic rings. The zero-order valence-corrected chi connectivity index (χ0v) is 10.0. The third kappa shape index (κ3) is 14.0. The van der Waals surface area contributed by atoms with E-state index in [9.17, 15) is 0 Å². The van der Waals surface area contributed by atoms with Crippen LogP contribution in [-0.2, 0) is 9.68 Å². The van der Waals surface area contributed by atoms with Gasteiger partial charge in [-0.1, -0.05) is 47.5 Å². The van der Waals surface area contributed by atoms with Crippen molar-refractivity contribution in [1.29, 1.82) is 0 Å². The molecule has 0 atom stereocenters. The van der Waals surface area contributed by atoms with Gasteiger partial charge in [0.05, 0.1) is 0 Å². The molecule has 0 fully saturated rings. The summed E-state index contributed by atoms with van der Waals surface area (Å²) in [4.78, 5) is 11.6. The summed E-state index contributed by atoms with van der Waals surface area (Å²) >= 11 is 0. The van der Waals surface area contributed by atoms with Gasteiger partial charge >= 0.3 is 6.47 Å². The second kappa shape index (κ2) is 9.00. The van der Waals surface area contributed by atoms with Gasteiger partial charge < -0.3 is 4.89 Å². The molecule has 0 unspecified atom stereocenters.